The van der Waals surface area contributed by atoms with Crippen LogP contribution < -0.4 is 0 Å². The molecule has 0 aliphatic carbocycles. The Bertz CT molecular complexity index is 761. The Kier molecular flexibility index (Phi) is 4.75. The number of benzene rings is 1. The number of nitrogens with zero attached hydrogens (tertiary/aromatic N) is 2. The summed E-state index contributed by atoms with van der Waals surface area (Å²) >= 11 is 7.38. The van der Waals surface area contributed by atoms with E-state index in [2.05, 4.69) is 10.2 Å². The van der Waals surface area contributed by atoms with Crippen LogP contribution in [0, 0.1) is 5.92 Å². The highest BCUT2D eigenvalue weighted by atomic mass is 35.5. The van der Waals surface area contributed by atoms with Gasteiger partial charge in [-0.3, -0.25) is 0 Å². The van der Waals surface area contributed by atoms with Gasteiger partial charge in [0.2, 0.25) is 5.89 Å². The third kappa shape index (κ3) is 4.24. The molecule has 2 heterocycles. The molecule has 0 amide bonds. The van der Waals surface area contributed by atoms with E-state index >= 15 is 0 Å². The predicted molar refractivity (Wildman–Crippen MR) is 85.8 cm³/mol. The summed E-state index contributed by atoms with van der Waals surface area (Å²) in [5.74, 6) is 1.79. The topological polar surface area (TPSA) is 73.1 Å². The normalized spacial score (nSPS) is 20.3. The second kappa shape index (κ2) is 6.60. The van der Waals surface area contributed by atoms with Gasteiger partial charge in [-0.05, 0) is 30.0 Å². The van der Waals surface area contributed by atoms with Gasteiger partial charge in [0.15, 0.2) is 9.84 Å². The first-order valence-corrected chi connectivity index (χ1v) is 10.1. The van der Waals surface area contributed by atoms with E-state index in [-0.39, 0.29) is 17.4 Å². The zero-order valence-corrected chi connectivity index (χ0v) is 14.1. The molecule has 1 aromatic heterocycles. The molecule has 1 fully saturated rings. The van der Waals surface area contributed by atoms with Gasteiger partial charge in [0.25, 0.3) is 5.22 Å². The van der Waals surface area contributed by atoms with Crippen molar-refractivity contribution >= 4 is 33.2 Å². The van der Waals surface area contributed by atoms with Gasteiger partial charge < -0.3 is 4.42 Å². The maximum atomic E-state index is 11.4. The van der Waals surface area contributed by atoms with Crippen LogP contribution in [0.4, 0.5) is 0 Å². The summed E-state index contributed by atoms with van der Waals surface area (Å²) in [6.45, 7) is 0. The minimum atomic E-state index is -2.87. The summed E-state index contributed by atoms with van der Waals surface area (Å²) in [4.78, 5) is 0. The van der Waals surface area contributed by atoms with Crippen molar-refractivity contribution in [3.8, 4) is 0 Å². The highest BCUT2D eigenvalue weighted by Gasteiger charge is 2.29. The van der Waals surface area contributed by atoms with Crippen molar-refractivity contribution in [1.29, 1.82) is 0 Å². The van der Waals surface area contributed by atoms with Crippen molar-refractivity contribution in [3.05, 3.63) is 40.7 Å². The lowest BCUT2D eigenvalue weighted by atomic mass is 10.1. The third-order valence-corrected chi connectivity index (χ3v) is 6.45. The summed E-state index contributed by atoms with van der Waals surface area (Å²) < 4.78 is 28.5. The fourth-order valence-corrected chi connectivity index (χ4v) is 5.23. The Labute approximate surface area is 138 Å². The second-order valence-electron chi connectivity index (χ2n) is 5.35. The van der Waals surface area contributed by atoms with Gasteiger partial charge in [0, 0.05) is 17.2 Å². The van der Waals surface area contributed by atoms with Crippen molar-refractivity contribution in [3.63, 3.8) is 0 Å². The van der Waals surface area contributed by atoms with Crippen LogP contribution in [0.1, 0.15) is 17.9 Å². The molecule has 0 saturated carbocycles. The van der Waals surface area contributed by atoms with Gasteiger partial charge >= 0.3 is 0 Å². The SMILES string of the molecule is O=S1(=O)CCC(Cc2nnc(SCc3cccc(Cl)c3)o2)C1. The van der Waals surface area contributed by atoms with Crippen molar-refractivity contribution in [1.82, 2.24) is 10.2 Å². The number of hydrogen-bond donors (Lipinski definition) is 0. The summed E-state index contributed by atoms with van der Waals surface area (Å²) in [6.07, 6.45) is 1.21. The van der Waals surface area contributed by atoms with Crippen molar-refractivity contribution < 1.29 is 12.8 Å². The van der Waals surface area contributed by atoms with Crippen molar-refractivity contribution in [2.75, 3.05) is 11.5 Å². The number of rotatable bonds is 5. The monoisotopic (exact) mass is 358 g/mol. The van der Waals surface area contributed by atoms with Crippen molar-refractivity contribution in [2.45, 2.75) is 23.8 Å². The smallest absolute Gasteiger partial charge is 0.276 e. The standard InChI is InChI=1S/C14H15ClN2O3S2/c15-12-3-1-2-10(6-12)8-21-14-17-16-13(20-14)7-11-4-5-22(18,19)9-11/h1-3,6,11H,4-5,7-9H2. The van der Waals surface area contributed by atoms with Crippen LogP contribution in [0.2, 0.25) is 5.02 Å². The second-order valence-corrected chi connectivity index (χ2v) is 8.95. The molecule has 0 bridgehead atoms. The Hall–Kier alpha value is -1.05. The lowest BCUT2D eigenvalue weighted by Gasteiger charge is -2.02. The fourth-order valence-electron chi connectivity index (χ4n) is 2.43. The number of thioether (sulfide) groups is 1. The number of hydrogen-bond acceptors (Lipinski definition) is 6. The first kappa shape index (κ1) is 15.8. The molecule has 0 radical (unpaired) electrons. The molecule has 8 heteroatoms. The summed E-state index contributed by atoms with van der Waals surface area (Å²) in [7, 11) is -2.87. The zero-order valence-electron chi connectivity index (χ0n) is 11.7. The molecule has 22 heavy (non-hydrogen) atoms. The lowest BCUT2D eigenvalue weighted by molar-refractivity contribution is 0.389. The van der Waals surface area contributed by atoms with E-state index in [1.165, 1.54) is 11.8 Å². The van der Waals surface area contributed by atoms with Crippen LogP contribution in [0.5, 0.6) is 0 Å². The highest BCUT2D eigenvalue weighted by Crippen LogP contribution is 2.26. The Morgan fingerprint density at radius 2 is 2.23 bits per heavy atom. The first-order valence-electron chi connectivity index (χ1n) is 6.90. The molecular weight excluding hydrogens is 344 g/mol. The average molecular weight is 359 g/mol. The van der Waals surface area contributed by atoms with Crippen LogP contribution >= 0.6 is 23.4 Å². The number of halogens is 1. The van der Waals surface area contributed by atoms with Crippen LogP contribution in [-0.4, -0.2) is 30.1 Å². The van der Waals surface area contributed by atoms with Crippen LogP contribution in [0.15, 0.2) is 33.9 Å². The minimum absolute atomic E-state index is 0.0937. The van der Waals surface area contributed by atoms with E-state index < -0.39 is 9.84 Å². The molecule has 1 saturated heterocycles. The molecule has 0 N–H and O–H groups in total. The molecule has 5 nitrogen and oxygen atoms in total. The first-order chi connectivity index (χ1) is 10.5. The molecule has 3 rings (SSSR count). The fraction of sp³-hybridized carbons (Fsp3) is 0.429. The van der Waals surface area contributed by atoms with Gasteiger partial charge in [-0.25, -0.2) is 8.42 Å². The molecule has 1 aliphatic heterocycles. The molecule has 0 spiro atoms. The van der Waals surface area contributed by atoms with Crippen LogP contribution in [0.3, 0.4) is 0 Å². The summed E-state index contributed by atoms with van der Waals surface area (Å²) in [5, 5.41) is 9.19. The van der Waals surface area contributed by atoms with Gasteiger partial charge in [0.1, 0.15) is 0 Å². The lowest BCUT2D eigenvalue weighted by Crippen LogP contribution is -2.07. The van der Waals surface area contributed by atoms with Gasteiger partial charge in [0.05, 0.1) is 11.5 Å². The Balaban J connectivity index is 1.55. The molecule has 1 atom stereocenters. The molecule has 1 unspecified atom stereocenters. The maximum absolute atomic E-state index is 11.4. The minimum Gasteiger partial charge on any atom is -0.416 e. The maximum Gasteiger partial charge on any atom is 0.276 e. The summed E-state index contributed by atoms with van der Waals surface area (Å²) in [6, 6.07) is 7.61. The Morgan fingerprint density at radius 3 is 2.95 bits per heavy atom. The summed E-state index contributed by atoms with van der Waals surface area (Å²) in [5.41, 5.74) is 1.08. The zero-order chi connectivity index (χ0) is 15.6. The average Bonchev–Trinajstić information content (AvgIpc) is 3.03. The number of sulfone groups is 1. The van der Waals surface area contributed by atoms with Crippen LogP contribution in [-0.2, 0) is 22.0 Å². The van der Waals surface area contributed by atoms with Gasteiger partial charge in [-0.1, -0.05) is 35.5 Å². The van der Waals surface area contributed by atoms with E-state index in [0.717, 1.165) is 5.56 Å². The third-order valence-electron chi connectivity index (χ3n) is 3.49. The van der Waals surface area contributed by atoms with Gasteiger partial charge in [-0.15, -0.1) is 10.2 Å². The van der Waals surface area contributed by atoms with Crippen LogP contribution in [0.25, 0.3) is 0 Å². The quantitative estimate of drug-likeness (QED) is 0.765. The van der Waals surface area contributed by atoms with E-state index in [9.17, 15) is 8.42 Å². The van der Waals surface area contributed by atoms with Gasteiger partial charge in [-0.2, -0.15) is 0 Å². The van der Waals surface area contributed by atoms with E-state index in [1.54, 1.807) is 0 Å². The van der Waals surface area contributed by atoms with E-state index in [4.69, 9.17) is 16.0 Å². The molecule has 1 aliphatic rings. The van der Waals surface area contributed by atoms with E-state index in [0.29, 0.717) is 34.7 Å². The number of aromatic nitrogens is 2. The highest BCUT2D eigenvalue weighted by molar-refractivity contribution is 7.98. The Morgan fingerprint density at radius 1 is 1.36 bits per heavy atom. The van der Waals surface area contributed by atoms with Crippen molar-refractivity contribution in [2.24, 2.45) is 5.92 Å². The molecule has 118 valence electrons. The molecular formula is C14H15ClN2O3S2. The predicted octanol–water partition coefficient (Wildman–Crippen LogP) is 2.99. The largest absolute Gasteiger partial charge is 0.416 e. The molecule has 2 aromatic rings. The van der Waals surface area contributed by atoms with E-state index in [1.807, 2.05) is 24.3 Å². The molecule has 1 aromatic carbocycles.